The molecule has 1 aliphatic heterocycles. The lowest BCUT2D eigenvalue weighted by atomic mass is 10.0. The van der Waals surface area contributed by atoms with Crippen LogP contribution < -0.4 is 11.1 Å². The van der Waals surface area contributed by atoms with Crippen molar-refractivity contribution in [2.24, 2.45) is 5.92 Å². The molecule has 1 aromatic rings. The first-order valence-corrected chi connectivity index (χ1v) is 6.55. The lowest BCUT2D eigenvalue weighted by molar-refractivity contribution is -0.121. The van der Waals surface area contributed by atoms with Crippen molar-refractivity contribution < 1.29 is 14.3 Å². The van der Waals surface area contributed by atoms with Gasteiger partial charge in [0.15, 0.2) is 0 Å². The molecule has 1 aliphatic rings. The van der Waals surface area contributed by atoms with E-state index in [-0.39, 0.29) is 12.5 Å². The van der Waals surface area contributed by atoms with E-state index in [9.17, 15) is 4.79 Å². The largest absolute Gasteiger partial charge is 0.399 e. The summed E-state index contributed by atoms with van der Waals surface area (Å²) in [5, 5.41) is 2.75. The summed E-state index contributed by atoms with van der Waals surface area (Å²) in [4.78, 5) is 11.7. The Kier molecular flexibility index (Phi) is 5.18. The number of nitrogens with two attached hydrogens (primary N) is 1. The maximum atomic E-state index is 11.7. The Balaban J connectivity index is 1.67. The lowest BCUT2D eigenvalue weighted by Crippen LogP contribution is -2.24. The zero-order valence-electron chi connectivity index (χ0n) is 10.9. The number of nitrogen functional groups attached to an aromatic ring is 1. The van der Waals surface area contributed by atoms with Gasteiger partial charge in [-0.05, 0) is 37.0 Å². The molecule has 1 amide bonds. The predicted octanol–water partition coefficient (Wildman–Crippen LogP) is 1.65. The van der Waals surface area contributed by atoms with Crippen molar-refractivity contribution >= 4 is 17.3 Å². The van der Waals surface area contributed by atoms with E-state index < -0.39 is 0 Å². The molecule has 5 heteroatoms. The third-order valence-corrected chi connectivity index (χ3v) is 3.10. The number of nitrogens with one attached hydrogen (secondary N) is 1. The van der Waals surface area contributed by atoms with Crippen molar-refractivity contribution in [3.05, 3.63) is 24.3 Å². The minimum absolute atomic E-state index is 0.0756. The maximum absolute atomic E-state index is 11.7. The number of anilines is 2. The van der Waals surface area contributed by atoms with Crippen LogP contribution in [0.3, 0.4) is 0 Å². The third kappa shape index (κ3) is 4.89. The summed E-state index contributed by atoms with van der Waals surface area (Å²) >= 11 is 0. The van der Waals surface area contributed by atoms with Crippen LogP contribution in [0, 0.1) is 5.92 Å². The SMILES string of the molecule is Nc1cccc(NC(=O)COCC2CCOCC2)c1. The molecule has 2 rings (SSSR count). The van der Waals surface area contributed by atoms with Crippen molar-refractivity contribution in [1.29, 1.82) is 0 Å². The van der Waals surface area contributed by atoms with Crippen molar-refractivity contribution in [2.45, 2.75) is 12.8 Å². The second kappa shape index (κ2) is 7.11. The Hall–Kier alpha value is -1.59. The molecule has 104 valence electrons. The molecular formula is C14H20N2O3. The molecule has 0 saturated carbocycles. The van der Waals surface area contributed by atoms with Gasteiger partial charge in [-0.15, -0.1) is 0 Å². The van der Waals surface area contributed by atoms with E-state index in [1.807, 2.05) is 0 Å². The Bertz CT molecular complexity index is 417. The highest BCUT2D eigenvalue weighted by molar-refractivity contribution is 5.92. The molecule has 0 atom stereocenters. The van der Waals surface area contributed by atoms with Crippen LogP contribution in [0.15, 0.2) is 24.3 Å². The zero-order chi connectivity index (χ0) is 13.5. The van der Waals surface area contributed by atoms with Gasteiger partial charge in [-0.1, -0.05) is 6.07 Å². The van der Waals surface area contributed by atoms with Crippen LogP contribution in [0.4, 0.5) is 11.4 Å². The van der Waals surface area contributed by atoms with Crippen molar-refractivity contribution in [3.8, 4) is 0 Å². The number of carbonyl (C=O) groups excluding carboxylic acids is 1. The zero-order valence-corrected chi connectivity index (χ0v) is 10.9. The van der Waals surface area contributed by atoms with Crippen LogP contribution in [0.2, 0.25) is 0 Å². The normalized spacial score (nSPS) is 16.2. The molecule has 19 heavy (non-hydrogen) atoms. The Morgan fingerprint density at radius 1 is 1.42 bits per heavy atom. The molecule has 0 unspecified atom stereocenters. The first kappa shape index (κ1) is 13.8. The topological polar surface area (TPSA) is 73.6 Å². The van der Waals surface area contributed by atoms with Gasteiger partial charge in [0.05, 0.1) is 6.61 Å². The molecule has 0 bridgehead atoms. The van der Waals surface area contributed by atoms with Crippen molar-refractivity contribution in [1.82, 2.24) is 0 Å². The van der Waals surface area contributed by atoms with Crippen LogP contribution in [0.1, 0.15) is 12.8 Å². The molecule has 1 heterocycles. The van der Waals surface area contributed by atoms with E-state index in [4.69, 9.17) is 15.2 Å². The van der Waals surface area contributed by atoms with Gasteiger partial charge < -0.3 is 20.5 Å². The van der Waals surface area contributed by atoms with Gasteiger partial charge in [0.2, 0.25) is 5.91 Å². The smallest absolute Gasteiger partial charge is 0.250 e. The molecule has 0 aromatic heterocycles. The summed E-state index contributed by atoms with van der Waals surface area (Å²) < 4.78 is 10.7. The number of ether oxygens (including phenoxy) is 2. The second-order valence-corrected chi connectivity index (χ2v) is 4.74. The highest BCUT2D eigenvalue weighted by atomic mass is 16.5. The molecule has 0 spiro atoms. The standard InChI is InChI=1S/C14H20N2O3/c15-12-2-1-3-13(8-12)16-14(17)10-19-9-11-4-6-18-7-5-11/h1-3,8,11H,4-7,9-10,15H2,(H,16,17). The minimum atomic E-state index is -0.155. The summed E-state index contributed by atoms with van der Waals surface area (Å²) in [6, 6.07) is 7.09. The average Bonchev–Trinajstić information content (AvgIpc) is 2.40. The number of hydrogen-bond acceptors (Lipinski definition) is 4. The summed E-state index contributed by atoms with van der Waals surface area (Å²) in [6.07, 6.45) is 2.02. The average molecular weight is 264 g/mol. The van der Waals surface area contributed by atoms with E-state index in [0.29, 0.717) is 23.9 Å². The first-order valence-electron chi connectivity index (χ1n) is 6.55. The summed E-state index contributed by atoms with van der Waals surface area (Å²) in [7, 11) is 0. The number of benzene rings is 1. The van der Waals surface area contributed by atoms with Crippen LogP contribution in [0.5, 0.6) is 0 Å². The van der Waals surface area contributed by atoms with Gasteiger partial charge in [0.25, 0.3) is 0 Å². The minimum Gasteiger partial charge on any atom is -0.399 e. The van der Waals surface area contributed by atoms with Crippen LogP contribution >= 0.6 is 0 Å². The fraction of sp³-hybridized carbons (Fsp3) is 0.500. The number of hydrogen-bond donors (Lipinski definition) is 2. The van der Waals surface area contributed by atoms with Crippen molar-refractivity contribution in [3.63, 3.8) is 0 Å². The predicted molar refractivity (Wildman–Crippen MR) is 73.8 cm³/mol. The number of amides is 1. The third-order valence-electron chi connectivity index (χ3n) is 3.10. The van der Waals surface area contributed by atoms with Crippen molar-refractivity contribution in [2.75, 3.05) is 37.5 Å². The lowest BCUT2D eigenvalue weighted by Gasteiger charge is -2.21. The van der Waals surface area contributed by atoms with Crippen LogP contribution in [-0.4, -0.2) is 32.3 Å². The van der Waals surface area contributed by atoms with Gasteiger partial charge >= 0.3 is 0 Å². The Labute approximate surface area is 113 Å². The monoisotopic (exact) mass is 264 g/mol. The number of carbonyl (C=O) groups is 1. The highest BCUT2D eigenvalue weighted by Crippen LogP contribution is 2.15. The fourth-order valence-corrected chi connectivity index (χ4v) is 2.04. The fourth-order valence-electron chi connectivity index (χ4n) is 2.04. The van der Waals surface area contributed by atoms with Gasteiger partial charge in [0.1, 0.15) is 6.61 Å². The molecule has 1 fully saturated rings. The quantitative estimate of drug-likeness (QED) is 0.793. The molecule has 0 radical (unpaired) electrons. The van der Waals surface area contributed by atoms with E-state index in [1.165, 1.54) is 0 Å². The second-order valence-electron chi connectivity index (χ2n) is 4.74. The van der Waals surface area contributed by atoms with Crippen LogP contribution in [-0.2, 0) is 14.3 Å². The molecular weight excluding hydrogens is 244 g/mol. The highest BCUT2D eigenvalue weighted by Gasteiger charge is 2.14. The van der Waals surface area contributed by atoms with E-state index in [1.54, 1.807) is 24.3 Å². The van der Waals surface area contributed by atoms with Crippen LogP contribution in [0.25, 0.3) is 0 Å². The van der Waals surface area contributed by atoms with E-state index in [2.05, 4.69) is 5.32 Å². The first-order chi connectivity index (χ1) is 9.24. The number of rotatable bonds is 5. The summed E-state index contributed by atoms with van der Waals surface area (Å²) in [5.41, 5.74) is 6.96. The van der Waals surface area contributed by atoms with Gasteiger partial charge in [-0.3, -0.25) is 4.79 Å². The molecule has 3 N–H and O–H groups in total. The summed E-state index contributed by atoms with van der Waals surface area (Å²) in [5.74, 6) is 0.353. The Morgan fingerprint density at radius 3 is 2.95 bits per heavy atom. The molecule has 1 saturated heterocycles. The van der Waals surface area contributed by atoms with E-state index in [0.717, 1.165) is 26.1 Å². The Morgan fingerprint density at radius 2 is 2.21 bits per heavy atom. The molecule has 0 aliphatic carbocycles. The maximum Gasteiger partial charge on any atom is 0.250 e. The van der Waals surface area contributed by atoms with Gasteiger partial charge in [-0.2, -0.15) is 0 Å². The molecule has 1 aromatic carbocycles. The molecule has 5 nitrogen and oxygen atoms in total. The van der Waals surface area contributed by atoms with Gasteiger partial charge in [-0.25, -0.2) is 0 Å². The van der Waals surface area contributed by atoms with Gasteiger partial charge in [0, 0.05) is 24.6 Å². The summed E-state index contributed by atoms with van der Waals surface area (Å²) in [6.45, 7) is 2.28. The van der Waals surface area contributed by atoms with E-state index >= 15 is 0 Å².